The van der Waals surface area contributed by atoms with Crippen molar-refractivity contribution in [1.29, 1.82) is 0 Å². The van der Waals surface area contributed by atoms with E-state index in [-0.39, 0.29) is 18.2 Å². The molecule has 0 N–H and O–H groups in total. The minimum absolute atomic E-state index is 0.156. The summed E-state index contributed by atoms with van der Waals surface area (Å²) in [4.78, 5) is 0. The molecule has 2 aliphatic rings. The SMILES string of the molecule is C=CCOc1ccc(-c2ccc(C3CCC4CC(CC/C=C/C)CCC4C3)cc2F)cc1F. The van der Waals surface area contributed by atoms with Gasteiger partial charge in [-0.15, -0.1) is 0 Å². The lowest BCUT2D eigenvalue weighted by atomic mass is 9.63. The third kappa shape index (κ3) is 5.75. The van der Waals surface area contributed by atoms with Gasteiger partial charge < -0.3 is 4.74 Å². The van der Waals surface area contributed by atoms with Crippen LogP contribution in [0.4, 0.5) is 8.78 Å². The first-order chi connectivity index (χ1) is 16.1. The van der Waals surface area contributed by atoms with E-state index in [4.69, 9.17) is 4.74 Å². The first-order valence-electron chi connectivity index (χ1n) is 12.5. The highest BCUT2D eigenvalue weighted by Gasteiger charge is 2.35. The van der Waals surface area contributed by atoms with Crippen molar-refractivity contribution in [3.05, 3.63) is 78.4 Å². The van der Waals surface area contributed by atoms with E-state index in [2.05, 4.69) is 25.7 Å². The van der Waals surface area contributed by atoms with Crippen molar-refractivity contribution >= 4 is 0 Å². The Morgan fingerprint density at radius 3 is 2.55 bits per heavy atom. The van der Waals surface area contributed by atoms with E-state index in [1.807, 2.05) is 12.1 Å². The largest absolute Gasteiger partial charge is 0.486 e. The Labute approximate surface area is 197 Å². The summed E-state index contributed by atoms with van der Waals surface area (Å²) in [5, 5.41) is 0. The first-order valence-corrected chi connectivity index (χ1v) is 12.5. The molecule has 4 atom stereocenters. The Morgan fingerprint density at radius 1 is 0.970 bits per heavy atom. The van der Waals surface area contributed by atoms with Crippen LogP contribution in [0.3, 0.4) is 0 Å². The van der Waals surface area contributed by atoms with Gasteiger partial charge in [-0.1, -0.05) is 49.4 Å². The Balaban J connectivity index is 1.40. The summed E-state index contributed by atoms with van der Waals surface area (Å²) in [6.45, 7) is 5.90. The lowest BCUT2D eigenvalue weighted by Crippen LogP contribution is -2.30. The van der Waals surface area contributed by atoms with E-state index in [0.717, 1.165) is 29.7 Å². The van der Waals surface area contributed by atoms with Gasteiger partial charge in [0.2, 0.25) is 0 Å². The van der Waals surface area contributed by atoms with Gasteiger partial charge in [-0.25, -0.2) is 8.78 Å². The van der Waals surface area contributed by atoms with Gasteiger partial charge in [0.25, 0.3) is 0 Å². The molecule has 4 rings (SSSR count). The summed E-state index contributed by atoms with van der Waals surface area (Å²) < 4.78 is 34.7. The molecule has 2 aromatic carbocycles. The fourth-order valence-corrected chi connectivity index (χ4v) is 6.00. The Hall–Kier alpha value is -2.42. The molecule has 3 heteroatoms. The molecule has 0 bridgehead atoms. The van der Waals surface area contributed by atoms with Crippen molar-refractivity contribution in [3.63, 3.8) is 0 Å². The summed E-state index contributed by atoms with van der Waals surface area (Å²) in [6.07, 6.45) is 16.2. The number of ether oxygens (including phenoxy) is 1. The van der Waals surface area contributed by atoms with Crippen molar-refractivity contribution in [2.75, 3.05) is 6.61 Å². The van der Waals surface area contributed by atoms with Crippen LogP contribution in [-0.4, -0.2) is 6.61 Å². The molecule has 2 aliphatic carbocycles. The maximum Gasteiger partial charge on any atom is 0.165 e. The van der Waals surface area contributed by atoms with Gasteiger partial charge in [-0.3, -0.25) is 0 Å². The number of rotatable bonds is 8. The molecule has 4 unspecified atom stereocenters. The summed E-state index contributed by atoms with van der Waals surface area (Å²) in [6, 6.07) is 10.1. The summed E-state index contributed by atoms with van der Waals surface area (Å²) >= 11 is 0. The molecule has 1 nitrogen and oxygen atoms in total. The zero-order valence-corrected chi connectivity index (χ0v) is 19.7. The summed E-state index contributed by atoms with van der Waals surface area (Å²) in [5.41, 5.74) is 2.06. The van der Waals surface area contributed by atoms with E-state index in [1.165, 1.54) is 51.0 Å². The smallest absolute Gasteiger partial charge is 0.165 e. The van der Waals surface area contributed by atoms with Crippen LogP contribution >= 0.6 is 0 Å². The predicted octanol–water partition coefficient (Wildman–Crippen LogP) is 8.85. The molecule has 2 fully saturated rings. The maximum atomic E-state index is 15.1. The Kier molecular flexibility index (Phi) is 8.01. The molecular weight excluding hydrogens is 414 g/mol. The zero-order valence-electron chi connectivity index (χ0n) is 19.7. The summed E-state index contributed by atoms with van der Waals surface area (Å²) in [5.74, 6) is 2.33. The second-order valence-corrected chi connectivity index (χ2v) is 9.84. The molecule has 0 heterocycles. The normalized spacial score (nSPS) is 25.1. The van der Waals surface area contributed by atoms with Crippen molar-refractivity contribution in [3.8, 4) is 16.9 Å². The van der Waals surface area contributed by atoms with Crippen LogP contribution in [0, 0.1) is 29.4 Å². The monoisotopic (exact) mass is 450 g/mol. The number of halogens is 2. The topological polar surface area (TPSA) is 9.23 Å². The molecule has 0 aliphatic heterocycles. The number of benzene rings is 2. The lowest BCUT2D eigenvalue weighted by Gasteiger charge is -2.42. The molecule has 0 saturated heterocycles. The molecule has 0 spiro atoms. The molecule has 0 aromatic heterocycles. The van der Waals surface area contributed by atoms with Gasteiger partial charge in [0.1, 0.15) is 12.4 Å². The molecule has 2 aromatic rings. The van der Waals surface area contributed by atoms with Crippen LogP contribution in [-0.2, 0) is 0 Å². The minimum Gasteiger partial charge on any atom is -0.486 e. The highest BCUT2D eigenvalue weighted by molar-refractivity contribution is 5.65. The fraction of sp³-hybridized carbons (Fsp3) is 0.467. The van der Waals surface area contributed by atoms with Gasteiger partial charge in [0, 0.05) is 5.56 Å². The van der Waals surface area contributed by atoms with E-state index in [9.17, 15) is 4.39 Å². The standard InChI is InChI=1S/C30H36F2O/c1-3-5-6-7-21-8-9-23-18-24(11-10-22(23)17-21)25-12-14-27(28(31)19-25)26-13-15-30(29(32)20-26)33-16-4-2/h3-5,12-15,19-24H,2,6-11,16-18H2,1H3/b5-3+. The van der Waals surface area contributed by atoms with Crippen LogP contribution in [0.25, 0.3) is 11.1 Å². The number of hydrogen-bond acceptors (Lipinski definition) is 1. The molecule has 0 amide bonds. The number of fused-ring (bicyclic) bond motifs is 1. The van der Waals surface area contributed by atoms with Crippen LogP contribution in [0.15, 0.2) is 61.2 Å². The second kappa shape index (κ2) is 11.1. The number of hydrogen-bond donors (Lipinski definition) is 0. The summed E-state index contributed by atoms with van der Waals surface area (Å²) in [7, 11) is 0. The minimum atomic E-state index is -0.488. The van der Waals surface area contributed by atoms with Gasteiger partial charge in [-0.2, -0.15) is 0 Å². The van der Waals surface area contributed by atoms with Gasteiger partial charge >= 0.3 is 0 Å². The molecule has 33 heavy (non-hydrogen) atoms. The van der Waals surface area contributed by atoms with Crippen molar-refractivity contribution in [2.45, 2.75) is 64.2 Å². The van der Waals surface area contributed by atoms with E-state index < -0.39 is 5.82 Å². The zero-order chi connectivity index (χ0) is 23.2. The van der Waals surface area contributed by atoms with Crippen LogP contribution < -0.4 is 4.74 Å². The number of allylic oxidation sites excluding steroid dienone is 2. The van der Waals surface area contributed by atoms with Crippen molar-refractivity contribution < 1.29 is 13.5 Å². The van der Waals surface area contributed by atoms with Crippen LogP contribution in [0.1, 0.15) is 69.8 Å². The predicted molar refractivity (Wildman–Crippen MR) is 132 cm³/mol. The van der Waals surface area contributed by atoms with Crippen molar-refractivity contribution in [2.24, 2.45) is 17.8 Å². The molecule has 2 saturated carbocycles. The van der Waals surface area contributed by atoms with Gasteiger partial charge in [0.05, 0.1) is 0 Å². The molecular formula is C30H36F2O. The van der Waals surface area contributed by atoms with E-state index in [0.29, 0.717) is 17.0 Å². The third-order valence-corrected chi connectivity index (χ3v) is 7.76. The average molecular weight is 451 g/mol. The highest BCUT2D eigenvalue weighted by atomic mass is 19.1. The highest BCUT2D eigenvalue weighted by Crippen LogP contribution is 2.48. The van der Waals surface area contributed by atoms with Crippen molar-refractivity contribution in [1.82, 2.24) is 0 Å². The van der Waals surface area contributed by atoms with Gasteiger partial charge in [0.15, 0.2) is 11.6 Å². The quantitative estimate of drug-likeness (QED) is 0.365. The average Bonchev–Trinajstić information content (AvgIpc) is 2.83. The Morgan fingerprint density at radius 2 is 1.79 bits per heavy atom. The lowest BCUT2D eigenvalue weighted by molar-refractivity contribution is 0.115. The molecule has 176 valence electrons. The molecule has 0 radical (unpaired) electrons. The first kappa shape index (κ1) is 23.7. The third-order valence-electron chi connectivity index (χ3n) is 7.76. The second-order valence-electron chi connectivity index (χ2n) is 9.84. The van der Waals surface area contributed by atoms with Crippen LogP contribution in [0.2, 0.25) is 0 Å². The fourth-order valence-electron chi connectivity index (χ4n) is 6.00. The van der Waals surface area contributed by atoms with E-state index >= 15 is 4.39 Å². The Bertz CT molecular complexity index is 979. The van der Waals surface area contributed by atoms with Gasteiger partial charge in [-0.05, 0) is 105 Å². The maximum absolute atomic E-state index is 15.1. The van der Waals surface area contributed by atoms with Crippen LogP contribution in [0.5, 0.6) is 5.75 Å². The van der Waals surface area contributed by atoms with E-state index in [1.54, 1.807) is 24.3 Å².